The summed E-state index contributed by atoms with van der Waals surface area (Å²) in [5, 5.41) is 0. The zero-order valence-electron chi connectivity index (χ0n) is 10.2. The molecule has 2 rings (SSSR count). The molecule has 1 aromatic carbocycles. The maximum Gasteiger partial charge on any atom is 0.323 e. The number of imidazole rings is 1. The van der Waals surface area contributed by atoms with Gasteiger partial charge in [-0.2, -0.15) is 0 Å². The summed E-state index contributed by atoms with van der Waals surface area (Å²) < 4.78 is 6.15. The van der Waals surface area contributed by atoms with Crippen LogP contribution in [0.2, 0.25) is 0 Å². The Kier molecular flexibility index (Phi) is 4.70. The van der Waals surface area contributed by atoms with Gasteiger partial charge >= 0.3 is 5.97 Å². The minimum atomic E-state index is -0.684. The SMILES string of the molecule is NC(Cc1cnc[nH]1)C(=O)OCc1ccc(Br)cc1. The number of aromatic amines is 1. The summed E-state index contributed by atoms with van der Waals surface area (Å²) in [4.78, 5) is 18.5. The Labute approximate surface area is 119 Å². The van der Waals surface area contributed by atoms with Crippen LogP contribution in [-0.4, -0.2) is 22.0 Å². The molecule has 6 heteroatoms. The quantitative estimate of drug-likeness (QED) is 0.822. The second-order valence-corrected chi connectivity index (χ2v) is 5.04. The van der Waals surface area contributed by atoms with Crippen molar-refractivity contribution in [2.45, 2.75) is 19.1 Å². The van der Waals surface area contributed by atoms with Crippen LogP contribution in [0, 0.1) is 0 Å². The topological polar surface area (TPSA) is 81.0 Å². The van der Waals surface area contributed by atoms with Crippen LogP contribution in [0.15, 0.2) is 41.3 Å². The standard InChI is InChI=1S/C13H14BrN3O2/c14-10-3-1-9(2-4-10)7-19-13(18)12(15)5-11-6-16-8-17-11/h1-4,6,8,12H,5,7,15H2,(H,16,17). The summed E-state index contributed by atoms with van der Waals surface area (Å²) >= 11 is 3.34. The summed E-state index contributed by atoms with van der Waals surface area (Å²) in [5.74, 6) is -0.419. The van der Waals surface area contributed by atoms with Crippen LogP contribution in [0.25, 0.3) is 0 Å². The minimum absolute atomic E-state index is 0.225. The Morgan fingerprint density at radius 2 is 2.16 bits per heavy atom. The first-order valence-corrected chi connectivity index (χ1v) is 6.58. The normalized spacial score (nSPS) is 12.1. The number of carbonyl (C=O) groups excluding carboxylic acids is 1. The second-order valence-electron chi connectivity index (χ2n) is 4.12. The zero-order valence-corrected chi connectivity index (χ0v) is 11.8. The van der Waals surface area contributed by atoms with Gasteiger partial charge in [0.15, 0.2) is 0 Å². The van der Waals surface area contributed by atoms with E-state index in [1.165, 1.54) is 0 Å². The molecule has 0 spiro atoms. The molecule has 0 aliphatic rings. The van der Waals surface area contributed by atoms with Crippen LogP contribution in [0.5, 0.6) is 0 Å². The van der Waals surface area contributed by atoms with Gasteiger partial charge in [0.05, 0.1) is 6.33 Å². The maximum atomic E-state index is 11.7. The summed E-state index contributed by atoms with van der Waals surface area (Å²) in [7, 11) is 0. The predicted molar refractivity (Wildman–Crippen MR) is 74.2 cm³/mol. The molecule has 19 heavy (non-hydrogen) atoms. The van der Waals surface area contributed by atoms with Crippen molar-refractivity contribution >= 4 is 21.9 Å². The van der Waals surface area contributed by atoms with Gasteiger partial charge in [-0.15, -0.1) is 0 Å². The van der Waals surface area contributed by atoms with E-state index in [0.29, 0.717) is 6.42 Å². The van der Waals surface area contributed by atoms with E-state index < -0.39 is 12.0 Å². The average molecular weight is 324 g/mol. The van der Waals surface area contributed by atoms with E-state index in [2.05, 4.69) is 25.9 Å². The summed E-state index contributed by atoms with van der Waals surface area (Å²) in [6.45, 7) is 0.225. The molecule has 1 atom stereocenters. The molecule has 0 aliphatic carbocycles. The molecule has 2 aromatic rings. The summed E-state index contributed by atoms with van der Waals surface area (Å²) in [6, 6.07) is 6.88. The van der Waals surface area contributed by atoms with Gasteiger partial charge in [0.25, 0.3) is 0 Å². The van der Waals surface area contributed by atoms with Crippen molar-refractivity contribution in [2.75, 3.05) is 0 Å². The lowest BCUT2D eigenvalue weighted by Gasteiger charge is -2.10. The van der Waals surface area contributed by atoms with Crippen LogP contribution < -0.4 is 5.73 Å². The molecule has 1 aromatic heterocycles. The first-order chi connectivity index (χ1) is 9.15. The molecule has 0 fully saturated rings. The lowest BCUT2D eigenvalue weighted by atomic mass is 10.2. The number of H-pyrrole nitrogens is 1. The van der Waals surface area contributed by atoms with Crippen molar-refractivity contribution in [2.24, 2.45) is 5.73 Å². The van der Waals surface area contributed by atoms with Crippen LogP contribution >= 0.6 is 15.9 Å². The molecule has 0 amide bonds. The number of hydrogen-bond acceptors (Lipinski definition) is 4. The molecule has 1 unspecified atom stereocenters. The van der Waals surface area contributed by atoms with Gasteiger partial charge in [-0.05, 0) is 17.7 Å². The largest absolute Gasteiger partial charge is 0.460 e. The van der Waals surface area contributed by atoms with E-state index in [1.807, 2.05) is 24.3 Å². The minimum Gasteiger partial charge on any atom is -0.460 e. The van der Waals surface area contributed by atoms with Crippen molar-refractivity contribution in [1.29, 1.82) is 0 Å². The van der Waals surface area contributed by atoms with E-state index in [0.717, 1.165) is 15.7 Å². The first kappa shape index (κ1) is 13.8. The lowest BCUT2D eigenvalue weighted by Crippen LogP contribution is -2.34. The molecule has 5 nitrogen and oxygen atoms in total. The van der Waals surface area contributed by atoms with Crippen LogP contribution in [0.1, 0.15) is 11.3 Å². The second kappa shape index (κ2) is 6.49. The monoisotopic (exact) mass is 323 g/mol. The van der Waals surface area contributed by atoms with Crippen LogP contribution in [-0.2, 0) is 22.6 Å². The van der Waals surface area contributed by atoms with E-state index in [-0.39, 0.29) is 6.61 Å². The van der Waals surface area contributed by atoms with Gasteiger partial charge in [0.2, 0.25) is 0 Å². The number of ether oxygens (including phenoxy) is 1. The number of carbonyl (C=O) groups is 1. The Morgan fingerprint density at radius 1 is 1.42 bits per heavy atom. The van der Waals surface area contributed by atoms with E-state index >= 15 is 0 Å². The zero-order chi connectivity index (χ0) is 13.7. The van der Waals surface area contributed by atoms with Crippen molar-refractivity contribution in [3.05, 3.63) is 52.5 Å². The number of halogens is 1. The highest BCUT2D eigenvalue weighted by atomic mass is 79.9. The highest BCUT2D eigenvalue weighted by Gasteiger charge is 2.16. The number of hydrogen-bond donors (Lipinski definition) is 2. The lowest BCUT2D eigenvalue weighted by molar-refractivity contribution is -0.146. The van der Waals surface area contributed by atoms with Crippen LogP contribution in [0.4, 0.5) is 0 Å². The highest BCUT2D eigenvalue weighted by molar-refractivity contribution is 9.10. The van der Waals surface area contributed by atoms with Crippen molar-refractivity contribution in [3.8, 4) is 0 Å². The Balaban J connectivity index is 1.82. The van der Waals surface area contributed by atoms with Gasteiger partial charge < -0.3 is 15.5 Å². The fourth-order valence-electron chi connectivity index (χ4n) is 1.56. The highest BCUT2D eigenvalue weighted by Crippen LogP contribution is 2.11. The van der Waals surface area contributed by atoms with Crippen molar-refractivity contribution < 1.29 is 9.53 Å². The van der Waals surface area contributed by atoms with Gasteiger partial charge in [-0.3, -0.25) is 4.79 Å². The van der Waals surface area contributed by atoms with Crippen molar-refractivity contribution in [3.63, 3.8) is 0 Å². The molecular formula is C13H14BrN3O2. The fourth-order valence-corrected chi connectivity index (χ4v) is 1.82. The number of esters is 1. The van der Waals surface area contributed by atoms with Gasteiger partial charge in [0.1, 0.15) is 12.6 Å². The van der Waals surface area contributed by atoms with Gasteiger partial charge in [0, 0.05) is 22.8 Å². The number of aromatic nitrogens is 2. The Morgan fingerprint density at radius 3 is 2.79 bits per heavy atom. The Bertz CT molecular complexity index is 525. The third-order valence-corrected chi connectivity index (χ3v) is 3.12. The first-order valence-electron chi connectivity index (χ1n) is 5.79. The smallest absolute Gasteiger partial charge is 0.323 e. The van der Waals surface area contributed by atoms with E-state index in [4.69, 9.17) is 10.5 Å². The predicted octanol–water partition coefficient (Wildman–Crippen LogP) is 1.79. The summed E-state index contributed by atoms with van der Waals surface area (Å²) in [5.41, 5.74) is 7.50. The Hall–Kier alpha value is -1.66. The molecule has 100 valence electrons. The van der Waals surface area contributed by atoms with E-state index in [1.54, 1.807) is 12.5 Å². The molecule has 0 bridgehead atoms. The maximum absolute atomic E-state index is 11.7. The number of benzene rings is 1. The molecule has 3 N–H and O–H groups in total. The molecule has 0 radical (unpaired) electrons. The summed E-state index contributed by atoms with van der Waals surface area (Å²) in [6.07, 6.45) is 3.58. The third-order valence-electron chi connectivity index (χ3n) is 2.59. The fraction of sp³-hybridized carbons (Fsp3) is 0.231. The molecular weight excluding hydrogens is 310 g/mol. The van der Waals surface area contributed by atoms with Crippen LogP contribution in [0.3, 0.4) is 0 Å². The molecule has 0 saturated carbocycles. The van der Waals surface area contributed by atoms with Crippen molar-refractivity contribution in [1.82, 2.24) is 9.97 Å². The number of nitrogens with two attached hydrogens (primary N) is 1. The average Bonchev–Trinajstić information content (AvgIpc) is 2.90. The van der Waals surface area contributed by atoms with Gasteiger partial charge in [-0.1, -0.05) is 28.1 Å². The number of nitrogens with one attached hydrogen (secondary N) is 1. The molecule has 0 saturated heterocycles. The number of rotatable bonds is 5. The molecule has 0 aliphatic heterocycles. The van der Waals surface area contributed by atoms with E-state index in [9.17, 15) is 4.79 Å². The van der Waals surface area contributed by atoms with Gasteiger partial charge in [-0.25, -0.2) is 4.98 Å². The third kappa shape index (κ3) is 4.18. The number of nitrogens with zero attached hydrogens (tertiary/aromatic N) is 1. The molecule has 1 heterocycles.